The van der Waals surface area contributed by atoms with Gasteiger partial charge in [0.15, 0.2) is 0 Å². The molecule has 0 radical (unpaired) electrons. The molecule has 1 amide bonds. The number of nitrogens with two attached hydrogens (primary N) is 1. The smallest absolute Gasteiger partial charge is 0.243 e. The molecule has 1 aliphatic heterocycles. The van der Waals surface area contributed by atoms with E-state index < -0.39 is 15.9 Å². The lowest BCUT2D eigenvalue weighted by molar-refractivity contribution is -0.119. The van der Waals surface area contributed by atoms with Crippen LogP contribution in [0.5, 0.6) is 5.75 Å². The van der Waals surface area contributed by atoms with Gasteiger partial charge in [0.25, 0.3) is 0 Å². The molecule has 0 unspecified atom stereocenters. The van der Waals surface area contributed by atoms with Crippen molar-refractivity contribution < 1.29 is 17.9 Å². The topological polar surface area (TPSA) is 89.7 Å². The Morgan fingerprint density at radius 2 is 2.23 bits per heavy atom. The van der Waals surface area contributed by atoms with Gasteiger partial charge in [-0.15, -0.1) is 0 Å². The van der Waals surface area contributed by atoms with Gasteiger partial charge < -0.3 is 10.5 Å². The minimum Gasteiger partial charge on any atom is -0.495 e. The molecule has 1 aliphatic rings. The molecule has 0 bridgehead atoms. The maximum Gasteiger partial charge on any atom is 0.243 e. The van der Waals surface area contributed by atoms with Crippen molar-refractivity contribution in [3.8, 4) is 5.75 Å². The molecule has 122 valence electrons. The predicted molar refractivity (Wildman–Crippen MR) is 83.3 cm³/mol. The minimum atomic E-state index is -3.64. The van der Waals surface area contributed by atoms with Crippen LogP contribution in [0.25, 0.3) is 0 Å². The number of rotatable bonds is 5. The Morgan fingerprint density at radius 3 is 2.82 bits per heavy atom. The van der Waals surface area contributed by atoms with Crippen LogP contribution in [0.2, 0.25) is 5.02 Å². The van der Waals surface area contributed by atoms with Crippen LogP contribution in [0.15, 0.2) is 23.1 Å². The van der Waals surface area contributed by atoms with Gasteiger partial charge >= 0.3 is 0 Å². The fraction of sp³-hybridized carbons (Fsp3) is 0.500. The van der Waals surface area contributed by atoms with Crippen LogP contribution in [0, 0.1) is 5.92 Å². The molecule has 0 spiro atoms. The average Bonchev–Trinajstić information content (AvgIpc) is 2.46. The molecule has 8 heteroatoms. The van der Waals surface area contributed by atoms with Gasteiger partial charge in [0, 0.05) is 19.5 Å². The van der Waals surface area contributed by atoms with Crippen molar-refractivity contribution >= 4 is 27.5 Å². The van der Waals surface area contributed by atoms with Gasteiger partial charge in [0.2, 0.25) is 15.9 Å². The first-order valence-electron chi connectivity index (χ1n) is 6.96. The quantitative estimate of drug-likeness (QED) is 0.877. The zero-order chi connectivity index (χ0) is 16.3. The third kappa shape index (κ3) is 3.71. The standard InChI is InChI=1S/C14H19ClN2O4S/c1-21-13-5-4-11(8-12(13)15)22(19,20)17-6-2-3-10(9-17)7-14(16)18/h4-5,8,10H,2-3,6-7,9H2,1H3,(H2,16,18)/t10-/m0/s1. The Balaban J connectivity index is 2.22. The lowest BCUT2D eigenvalue weighted by Gasteiger charge is -2.31. The van der Waals surface area contributed by atoms with Gasteiger partial charge in [0.1, 0.15) is 5.75 Å². The van der Waals surface area contributed by atoms with E-state index >= 15 is 0 Å². The number of primary amides is 1. The molecule has 1 atom stereocenters. The highest BCUT2D eigenvalue weighted by Gasteiger charge is 2.31. The number of methoxy groups -OCH3 is 1. The number of halogens is 1. The molecule has 1 heterocycles. The van der Waals surface area contributed by atoms with Crippen LogP contribution in [-0.4, -0.2) is 38.8 Å². The van der Waals surface area contributed by atoms with Crippen LogP contribution in [-0.2, 0) is 14.8 Å². The SMILES string of the molecule is COc1ccc(S(=O)(=O)N2CCC[C@@H](CC(N)=O)C2)cc1Cl. The summed E-state index contributed by atoms with van der Waals surface area (Å²) in [4.78, 5) is 11.2. The summed E-state index contributed by atoms with van der Waals surface area (Å²) in [7, 11) is -2.17. The highest BCUT2D eigenvalue weighted by Crippen LogP contribution is 2.30. The highest BCUT2D eigenvalue weighted by molar-refractivity contribution is 7.89. The molecular formula is C14H19ClN2O4S. The summed E-state index contributed by atoms with van der Waals surface area (Å²) in [5.41, 5.74) is 5.20. The lowest BCUT2D eigenvalue weighted by atomic mass is 9.96. The molecule has 1 aromatic carbocycles. The van der Waals surface area contributed by atoms with Crippen molar-refractivity contribution in [2.24, 2.45) is 11.7 Å². The molecule has 0 aromatic heterocycles. The Bertz CT molecular complexity index is 663. The maximum atomic E-state index is 12.7. The first-order valence-corrected chi connectivity index (χ1v) is 8.78. The van der Waals surface area contributed by atoms with Gasteiger partial charge in [-0.3, -0.25) is 4.79 Å². The van der Waals surface area contributed by atoms with Crippen molar-refractivity contribution in [2.45, 2.75) is 24.2 Å². The van der Waals surface area contributed by atoms with Crippen LogP contribution >= 0.6 is 11.6 Å². The summed E-state index contributed by atoms with van der Waals surface area (Å²) in [6.45, 7) is 0.732. The summed E-state index contributed by atoms with van der Waals surface area (Å²) in [5.74, 6) is -0.0163. The Labute approximate surface area is 135 Å². The molecule has 1 saturated heterocycles. The first kappa shape index (κ1) is 17.1. The third-order valence-electron chi connectivity index (χ3n) is 3.73. The number of piperidine rings is 1. The van der Waals surface area contributed by atoms with E-state index in [9.17, 15) is 13.2 Å². The van der Waals surface area contributed by atoms with Crippen LogP contribution in [0.4, 0.5) is 0 Å². The number of ether oxygens (including phenoxy) is 1. The number of nitrogens with zero attached hydrogens (tertiary/aromatic N) is 1. The monoisotopic (exact) mass is 346 g/mol. The van der Waals surface area contributed by atoms with Crippen molar-refractivity contribution in [1.82, 2.24) is 4.31 Å². The fourth-order valence-corrected chi connectivity index (χ4v) is 4.56. The molecule has 1 aromatic rings. The van der Waals surface area contributed by atoms with E-state index in [4.69, 9.17) is 22.1 Å². The van der Waals surface area contributed by atoms with Gasteiger partial charge in [0.05, 0.1) is 17.0 Å². The lowest BCUT2D eigenvalue weighted by Crippen LogP contribution is -2.40. The molecule has 0 aliphatic carbocycles. The van der Waals surface area contributed by atoms with Crippen molar-refractivity contribution in [3.63, 3.8) is 0 Å². The third-order valence-corrected chi connectivity index (χ3v) is 5.89. The molecular weight excluding hydrogens is 328 g/mol. The van der Waals surface area contributed by atoms with E-state index in [1.807, 2.05) is 0 Å². The van der Waals surface area contributed by atoms with Crippen molar-refractivity contribution in [2.75, 3.05) is 20.2 Å². The second-order valence-electron chi connectivity index (χ2n) is 5.34. The number of hydrogen-bond donors (Lipinski definition) is 1. The van der Waals surface area contributed by atoms with Gasteiger partial charge in [-0.2, -0.15) is 4.31 Å². The predicted octanol–water partition coefficient (Wildman–Crippen LogP) is 1.62. The van der Waals surface area contributed by atoms with Crippen molar-refractivity contribution in [3.05, 3.63) is 23.2 Å². The Kier molecular flexibility index (Phi) is 5.31. The number of hydrogen-bond acceptors (Lipinski definition) is 4. The summed E-state index contributed by atoms with van der Waals surface area (Å²) in [6.07, 6.45) is 1.72. The van der Waals surface area contributed by atoms with Crippen LogP contribution in [0.3, 0.4) is 0 Å². The normalized spacial score (nSPS) is 19.8. The zero-order valence-corrected chi connectivity index (χ0v) is 13.9. The largest absolute Gasteiger partial charge is 0.495 e. The van der Waals surface area contributed by atoms with E-state index in [0.717, 1.165) is 6.42 Å². The molecule has 2 N–H and O–H groups in total. The second kappa shape index (κ2) is 6.85. The number of benzene rings is 1. The Hall–Kier alpha value is -1.31. The van der Waals surface area contributed by atoms with E-state index in [0.29, 0.717) is 25.3 Å². The summed E-state index contributed by atoms with van der Waals surface area (Å²) < 4.78 is 31.8. The molecule has 6 nitrogen and oxygen atoms in total. The number of amides is 1. The summed E-state index contributed by atoms with van der Waals surface area (Å²) in [5, 5.41) is 0.245. The minimum absolute atomic E-state index is 0.0326. The second-order valence-corrected chi connectivity index (χ2v) is 7.68. The van der Waals surface area contributed by atoms with Crippen LogP contribution < -0.4 is 10.5 Å². The van der Waals surface area contributed by atoms with E-state index in [1.165, 1.54) is 29.6 Å². The number of carbonyl (C=O) groups is 1. The number of carbonyl (C=O) groups excluding carboxylic acids is 1. The van der Waals surface area contributed by atoms with Gasteiger partial charge in [-0.1, -0.05) is 11.6 Å². The molecule has 2 rings (SSSR count). The maximum absolute atomic E-state index is 12.7. The fourth-order valence-electron chi connectivity index (χ4n) is 2.65. The summed E-state index contributed by atoms with van der Waals surface area (Å²) >= 11 is 6.00. The molecule has 1 fully saturated rings. The van der Waals surface area contributed by atoms with Gasteiger partial charge in [-0.25, -0.2) is 8.42 Å². The molecule has 22 heavy (non-hydrogen) atoms. The van der Waals surface area contributed by atoms with E-state index in [1.54, 1.807) is 0 Å². The first-order chi connectivity index (χ1) is 10.3. The Morgan fingerprint density at radius 1 is 1.50 bits per heavy atom. The molecule has 0 saturated carbocycles. The highest BCUT2D eigenvalue weighted by atomic mass is 35.5. The van der Waals surface area contributed by atoms with Crippen LogP contribution in [0.1, 0.15) is 19.3 Å². The summed E-state index contributed by atoms with van der Waals surface area (Å²) in [6, 6.07) is 4.38. The van der Waals surface area contributed by atoms with Gasteiger partial charge in [-0.05, 0) is 37.0 Å². The average molecular weight is 347 g/mol. The number of sulfonamides is 1. The van der Waals surface area contributed by atoms with E-state index in [2.05, 4.69) is 0 Å². The zero-order valence-electron chi connectivity index (χ0n) is 12.3. The van der Waals surface area contributed by atoms with Crippen molar-refractivity contribution in [1.29, 1.82) is 0 Å². The van der Waals surface area contributed by atoms with E-state index in [-0.39, 0.29) is 22.3 Å².